The van der Waals surface area contributed by atoms with E-state index in [0.717, 1.165) is 12.2 Å². The van der Waals surface area contributed by atoms with Gasteiger partial charge < -0.3 is 9.47 Å². The second kappa shape index (κ2) is 5.41. The van der Waals surface area contributed by atoms with Crippen LogP contribution in [0.2, 0.25) is 0 Å². The Hall–Kier alpha value is 0.270. The topological polar surface area (TPSA) is 18.5 Å². The van der Waals surface area contributed by atoms with Crippen molar-refractivity contribution < 1.29 is 9.47 Å². The summed E-state index contributed by atoms with van der Waals surface area (Å²) in [5.74, 6) is 0.798. The van der Waals surface area contributed by atoms with Crippen LogP contribution in [0.4, 0.5) is 0 Å². The van der Waals surface area contributed by atoms with Gasteiger partial charge in [-0.2, -0.15) is 12.6 Å². The van der Waals surface area contributed by atoms with E-state index in [0.29, 0.717) is 0 Å². The van der Waals surface area contributed by atoms with Gasteiger partial charge in [0, 0.05) is 20.6 Å². The standard InChI is InChI=1S/C5H12O2S/c1-6-5(7-2)3-4-8/h5,8H,3-4H2,1-2H3. The van der Waals surface area contributed by atoms with Crippen molar-refractivity contribution in [3.8, 4) is 0 Å². The molecule has 0 unspecified atom stereocenters. The first-order valence-corrected chi connectivity index (χ1v) is 3.14. The smallest absolute Gasteiger partial charge is 0.157 e. The molecule has 0 rings (SSSR count). The van der Waals surface area contributed by atoms with Gasteiger partial charge in [-0.3, -0.25) is 0 Å². The molecule has 0 radical (unpaired) electrons. The highest BCUT2D eigenvalue weighted by atomic mass is 32.1. The number of ether oxygens (including phenoxy) is 2. The monoisotopic (exact) mass is 136 g/mol. The molecule has 2 nitrogen and oxygen atoms in total. The van der Waals surface area contributed by atoms with Crippen molar-refractivity contribution in [3.63, 3.8) is 0 Å². The highest BCUT2D eigenvalue weighted by Gasteiger charge is 2.00. The Morgan fingerprint density at radius 3 is 2.00 bits per heavy atom. The highest BCUT2D eigenvalue weighted by molar-refractivity contribution is 7.80. The minimum absolute atomic E-state index is 0.0764. The predicted octanol–water partition coefficient (Wildman–Crippen LogP) is 0.925. The fourth-order valence-corrected chi connectivity index (χ4v) is 0.648. The summed E-state index contributed by atoms with van der Waals surface area (Å²) >= 11 is 4.01. The third-order valence-corrected chi connectivity index (χ3v) is 1.15. The summed E-state index contributed by atoms with van der Waals surface area (Å²) in [7, 11) is 3.25. The molecule has 0 aliphatic carbocycles. The molecule has 0 spiro atoms. The van der Waals surface area contributed by atoms with E-state index in [2.05, 4.69) is 12.6 Å². The summed E-state index contributed by atoms with van der Waals surface area (Å²) in [6.45, 7) is 0. The van der Waals surface area contributed by atoms with Crippen LogP contribution >= 0.6 is 12.6 Å². The van der Waals surface area contributed by atoms with Crippen LogP contribution in [-0.4, -0.2) is 26.3 Å². The van der Waals surface area contributed by atoms with E-state index in [1.54, 1.807) is 14.2 Å². The molecule has 0 saturated heterocycles. The van der Waals surface area contributed by atoms with Gasteiger partial charge in [0.05, 0.1) is 0 Å². The van der Waals surface area contributed by atoms with Crippen molar-refractivity contribution in [2.45, 2.75) is 12.7 Å². The van der Waals surface area contributed by atoms with Crippen molar-refractivity contribution in [1.29, 1.82) is 0 Å². The quantitative estimate of drug-likeness (QED) is 0.457. The van der Waals surface area contributed by atoms with Crippen LogP contribution in [0.1, 0.15) is 6.42 Å². The molecule has 0 atom stereocenters. The van der Waals surface area contributed by atoms with Gasteiger partial charge in [0.2, 0.25) is 0 Å². The molecular formula is C5H12O2S. The SMILES string of the molecule is COC(CCS)OC. The van der Waals surface area contributed by atoms with Gasteiger partial charge in [-0.1, -0.05) is 0 Å². The zero-order valence-corrected chi connectivity index (χ0v) is 6.15. The maximum atomic E-state index is 4.87. The van der Waals surface area contributed by atoms with Gasteiger partial charge in [0.15, 0.2) is 6.29 Å². The summed E-state index contributed by atoms with van der Waals surface area (Å²) < 4.78 is 9.74. The van der Waals surface area contributed by atoms with Gasteiger partial charge in [0.1, 0.15) is 0 Å². The van der Waals surface area contributed by atoms with E-state index in [4.69, 9.17) is 9.47 Å². The number of hydrogen-bond donors (Lipinski definition) is 1. The van der Waals surface area contributed by atoms with Crippen LogP contribution in [0.5, 0.6) is 0 Å². The second-order valence-corrected chi connectivity index (χ2v) is 1.86. The van der Waals surface area contributed by atoms with Gasteiger partial charge in [0.25, 0.3) is 0 Å². The lowest BCUT2D eigenvalue weighted by Gasteiger charge is -2.10. The predicted molar refractivity (Wildman–Crippen MR) is 36.3 cm³/mol. The largest absolute Gasteiger partial charge is 0.356 e. The van der Waals surface area contributed by atoms with Crippen molar-refractivity contribution >= 4 is 12.6 Å². The Labute approximate surface area is 55.6 Å². The minimum Gasteiger partial charge on any atom is -0.356 e. The molecule has 50 valence electrons. The Morgan fingerprint density at radius 1 is 1.38 bits per heavy atom. The first kappa shape index (κ1) is 8.27. The summed E-state index contributed by atoms with van der Waals surface area (Å²) in [5, 5.41) is 0. The maximum absolute atomic E-state index is 4.87. The van der Waals surface area contributed by atoms with Crippen LogP contribution < -0.4 is 0 Å². The molecule has 0 fully saturated rings. The van der Waals surface area contributed by atoms with Crippen molar-refractivity contribution in [2.75, 3.05) is 20.0 Å². The summed E-state index contributed by atoms with van der Waals surface area (Å²) in [4.78, 5) is 0. The molecule has 0 aromatic rings. The fourth-order valence-electron chi connectivity index (χ4n) is 0.437. The molecular weight excluding hydrogens is 124 g/mol. The third kappa shape index (κ3) is 3.29. The lowest BCUT2D eigenvalue weighted by atomic mass is 10.5. The second-order valence-electron chi connectivity index (χ2n) is 1.41. The summed E-state index contributed by atoms with van der Waals surface area (Å²) in [6, 6.07) is 0. The summed E-state index contributed by atoms with van der Waals surface area (Å²) in [5.41, 5.74) is 0. The van der Waals surface area contributed by atoms with Crippen LogP contribution in [0.3, 0.4) is 0 Å². The average Bonchev–Trinajstić information content (AvgIpc) is 1.83. The van der Waals surface area contributed by atoms with E-state index in [9.17, 15) is 0 Å². The van der Waals surface area contributed by atoms with Gasteiger partial charge in [-0.05, 0) is 5.75 Å². The number of hydrogen-bond acceptors (Lipinski definition) is 3. The number of methoxy groups -OCH3 is 2. The van der Waals surface area contributed by atoms with E-state index in [1.165, 1.54) is 0 Å². The van der Waals surface area contributed by atoms with Crippen LogP contribution in [-0.2, 0) is 9.47 Å². The molecule has 0 bridgehead atoms. The first-order chi connectivity index (χ1) is 3.85. The molecule has 0 aromatic heterocycles. The molecule has 0 N–H and O–H groups in total. The Balaban J connectivity index is 3.07. The first-order valence-electron chi connectivity index (χ1n) is 2.51. The van der Waals surface area contributed by atoms with E-state index in [1.807, 2.05) is 0 Å². The average molecular weight is 136 g/mol. The normalized spacial score (nSPS) is 10.5. The van der Waals surface area contributed by atoms with Gasteiger partial charge in [-0.15, -0.1) is 0 Å². The van der Waals surface area contributed by atoms with Crippen LogP contribution in [0, 0.1) is 0 Å². The minimum atomic E-state index is -0.0764. The van der Waals surface area contributed by atoms with Crippen molar-refractivity contribution in [2.24, 2.45) is 0 Å². The molecule has 0 heterocycles. The highest BCUT2D eigenvalue weighted by Crippen LogP contribution is 1.97. The molecule has 0 aromatic carbocycles. The third-order valence-electron chi connectivity index (χ3n) is 0.891. The van der Waals surface area contributed by atoms with Crippen LogP contribution in [0.25, 0.3) is 0 Å². The van der Waals surface area contributed by atoms with Crippen molar-refractivity contribution in [3.05, 3.63) is 0 Å². The molecule has 0 aliphatic heterocycles. The Kier molecular flexibility index (Phi) is 5.59. The molecule has 8 heavy (non-hydrogen) atoms. The molecule has 0 saturated carbocycles. The number of rotatable bonds is 4. The van der Waals surface area contributed by atoms with Gasteiger partial charge >= 0.3 is 0 Å². The Morgan fingerprint density at radius 2 is 1.88 bits per heavy atom. The molecule has 0 aliphatic rings. The van der Waals surface area contributed by atoms with E-state index < -0.39 is 0 Å². The maximum Gasteiger partial charge on any atom is 0.157 e. The summed E-state index contributed by atoms with van der Waals surface area (Å²) in [6.07, 6.45) is 0.767. The molecule has 0 amide bonds. The van der Waals surface area contributed by atoms with E-state index in [-0.39, 0.29) is 6.29 Å². The fraction of sp³-hybridized carbons (Fsp3) is 1.00. The lowest BCUT2D eigenvalue weighted by Crippen LogP contribution is -2.12. The zero-order valence-electron chi connectivity index (χ0n) is 5.26. The van der Waals surface area contributed by atoms with Crippen LogP contribution in [0.15, 0.2) is 0 Å². The molecule has 3 heteroatoms. The lowest BCUT2D eigenvalue weighted by molar-refractivity contribution is -0.102. The van der Waals surface area contributed by atoms with E-state index >= 15 is 0 Å². The van der Waals surface area contributed by atoms with Gasteiger partial charge in [-0.25, -0.2) is 0 Å². The zero-order chi connectivity index (χ0) is 6.41. The Bertz CT molecular complexity index is 45.7. The van der Waals surface area contributed by atoms with Crippen molar-refractivity contribution in [1.82, 2.24) is 0 Å². The number of thiol groups is 1.